The maximum atomic E-state index is 14.6. The number of aromatic nitrogens is 5. The Morgan fingerprint density at radius 2 is 1.61 bits per heavy atom. The Morgan fingerprint density at radius 1 is 0.860 bits per heavy atom. The van der Waals surface area contributed by atoms with Crippen molar-refractivity contribution in [2.45, 2.75) is 266 Å². The van der Waals surface area contributed by atoms with Crippen LogP contribution >= 0.6 is 12.2 Å². The molecule has 0 radical (unpaired) electrons. The van der Waals surface area contributed by atoms with Crippen LogP contribution in [0.5, 0.6) is 0 Å². The fraction of sp³-hybridized carbons (Fsp3) is 0.690. The number of aromatic amines is 1. The van der Waals surface area contributed by atoms with Gasteiger partial charge in [0.1, 0.15) is 60.7 Å². The van der Waals surface area contributed by atoms with Gasteiger partial charge >= 0.3 is 12.1 Å². The van der Waals surface area contributed by atoms with Crippen molar-refractivity contribution in [3.63, 3.8) is 0 Å². The number of carbonyl (C=O) groups excluding carboxylic acids is 6. The van der Waals surface area contributed by atoms with E-state index in [0.29, 0.717) is 72.3 Å². The number of fused-ring (bicyclic) bond motifs is 6. The molecule has 10 fully saturated rings. The van der Waals surface area contributed by atoms with E-state index < -0.39 is 89.8 Å². The fourth-order valence-electron chi connectivity index (χ4n) is 16.0. The van der Waals surface area contributed by atoms with E-state index in [-0.39, 0.29) is 136 Å². The molecule has 9 N–H and O–H groups in total. The van der Waals surface area contributed by atoms with E-state index in [0.717, 1.165) is 43.3 Å². The van der Waals surface area contributed by atoms with Crippen LogP contribution in [0.25, 0.3) is 11.3 Å². The third-order valence-corrected chi connectivity index (χ3v) is 21.9. The van der Waals surface area contributed by atoms with Gasteiger partial charge in [0.15, 0.2) is 10.6 Å². The molecule has 28 nitrogen and oxygen atoms in total. The number of aliphatic hydroxyl groups excluding tert-OH is 1. The molecular formula is C71H99N11O17S. The number of carbonyl (C=O) groups is 6. The molecule has 21 atom stereocenters. The Morgan fingerprint density at radius 3 is 2.37 bits per heavy atom. The van der Waals surface area contributed by atoms with Crippen LogP contribution in [-0.2, 0) is 79.7 Å². The number of nitrogens with two attached hydrogens (primary N) is 1. The highest BCUT2D eigenvalue weighted by Gasteiger charge is 2.69. The van der Waals surface area contributed by atoms with Gasteiger partial charge in [-0.25, -0.2) is 14.6 Å². The van der Waals surface area contributed by atoms with Crippen LogP contribution in [0, 0.1) is 27.9 Å². The van der Waals surface area contributed by atoms with Crippen molar-refractivity contribution in [3.05, 3.63) is 77.5 Å². The Labute approximate surface area is 587 Å². The normalized spacial score (nSPS) is 33.4. The zero-order chi connectivity index (χ0) is 70.7. The van der Waals surface area contributed by atoms with Crippen molar-refractivity contribution in [1.29, 1.82) is 0 Å². The smallest absolute Gasteiger partial charge is 0.407 e. The first-order valence-corrected chi connectivity index (χ1v) is 36.1. The number of Topliss-reactive ketones (excluding diaryl/α,β-unsaturated/α-hetero) is 1. The van der Waals surface area contributed by atoms with Gasteiger partial charge in [0.05, 0.1) is 73.3 Å². The number of anilines is 1. The summed E-state index contributed by atoms with van der Waals surface area (Å²) >= 11 is 5.04. The van der Waals surface area contributed by atoms with Gasteiger partial charge < -0.3 is 89.8 Å². The monoisotopic (exact) mass is 1410 g/mol. The lowest BCUT2D eigenvalue weighted by molar-refractivity contribution is -0.292. The number of rotatable bonds is 22. The van der Waals surface area contributed by atoms with Crippen LogP contribution in [0.4, 0.5) is 15.3 Å². The van der Waals surface area contributed by atoms with Gasteiger partial charge in [-0.15, -0.1) is 5.10 Å². The number of alkyl carbamates (subject to hydrolysis) is 1. The van der Waals surface area contributed by atoms with Crippen molar-refractivity contribution in [3.8, 4) is 11.3 Å². The van der Waals surface area contributed by atoms with Gasteiger partial charge in [-0.3, -0.25) is 23.9 Å². The summed E-state index contributed by atoms with van der Waals surface area (Å²) in [7, 11) is 1.59. The number of hydrogen-bond acceptors (Lipinski definition) is 21. The molecule has 100 heavy (non-hydrogen) atoms. The predicted octanol–water partition coefficient (Wildman–Crippen LogP) is 6.25. The molecule has 3 aromatic rings. The summed E-state index contributed by atoms with van der Waals surface area (Å²) in [4.78, 5) is 88.1. The van der Waals surface area contributed by atoms with E-state index in [1.807, 2.05) is 0 Å². The van der Waals surface area contributed by atoms with Gasteiger partial charge in [-0.05, 0) is 117 Å². The van der Waals surface area contributed by atoms with Crippen LogP contribution in [0.15, 0.2) is 67.2 Å². The number of aliphatic hydroxyl groups is 1. The molecular weight excluding hydrogens is 1310 g/mol. The highest BCUT2D eigenvalue weighted by molar-refractivity contribution is 7.71. The van der Waals surface area contributed by atoms with E-state index in [9.17, 15) is 33.9 Å². The summed E-state index contributed by atoms with van der Waals surface area (Å²) in [5, 5.41) is 33.7. The quantitative estimate of drug-likeness (QED) is 0.0313. The third-order valence-electron chi connectivity index (χ3n) is 21.7. The van der Waals surface area contributed by atoms with Crippen LogP contribution in [0.1, 0.15) is 143 Å². The molecule has 6 amide bonds. The number of aryl methyl sites for hydroxylation is 1. The summed E-state index contributed by atoms with van der Waals surface area (Å²) in [5.41, 5.74) is 8.61. The molecule has 12 heterocycles. The summed E-state index contributed by atoms with van der Waals surface area (Å²) in [5.74, 6) is -3.02. The van der Waals surface area contributed by atoms with Crippen LogP contribution in [0.2, 0.25) is 0 Å². The lowest BCUT2D eigenvalue weighted by Crippen LogP contribution is -2.61. The number of hydrogen-bond donors (Lipinski definition) is 8. The van der Waals surface area contributed by atoms with Gasteiger partial charge in [-0.1, -0.05) is 65.1 Å². The van der Waals surface area contributed by atoms with Crippen molar-refractivity contribution in [2.75, 3.05) is 25.5 Å². The number of urea groups is 1. The van der Waals surface area contributed by atoms with E-state index >= 15 is 0 Å². The van der Waals surface area contributed by atoms with Crippen molar-refractivity contribution in [2.24, 2.45) is 28.9 Å². The molecule has 29 heteroatoms. The second-order valence-electron chi connectivity index (χ2n) is 29.8. The Kier molecular flexibility index (Phi) is 23.1. The van der Waals surface area contributed by atoms with Crippen LogP contribution < -0.4 is 32.3 Å². The summed E-state index contributed by atoms with van der Waals surface area (Å²) < 4.78 is 68.4. The average molecular weight is 1410 g/mol. The molecule has 546 valence electrons. The first kappa shape index (κ1) is 73.1. The first-order chi connectivity index (χ1) is 47.9. The molecule has 10 saturated heterocycles. The lowest BCUT2D eigenvalue weighted by Gasteiger charge is -2.47. The minimum absolute atomic E-state index is 0.00249. The highest BCUT2D eigenvalue weighted by atomic mass is 32.1. The largest absolute Gasteiger partial charge is 0.445 e. The number of ketones is 1. The highest BCUT2D eigenvalue weighted by Crippen LogP contribution is 2.55. The predicted molar refractivity (Wildman–Crippen MR) is 363 cm³/mol. The second kappa shape index (κ2) is 31.5. The number of amides is 6. The van der Waals surface area contributed by atoms with Crippen molar-refractivity contribution in [1.82, 2.24) is 46.2 Å². The Balaban J connectivity index is 0.638. The molecule has 13 rings (SSSR count). The molecule has 1 spiro atoms. The summed E-state index contributed by atoms with van der Waals surface area (Å²) in [6.07, 6.45) is 6.27. The topological polar surface area (TPSA) is 361 Å². The van der Waals surface area contributed by atoms with E-state index in [2.05, 4.69) is 66.9 Å². The minimum atomic E-state index is -1.10. The number of nitrogens with one attached hydrogen (secondary N) is 6. The Bertz CT molecular complexity index is 3500. The van der Waals surface area contributed by atoms with E-state index in [1.165, 1.54) is 0 Å². The first-order valence-electron chi connectivity index (χ1n) is 35.6. The summed E-state index contributed by atoms with van der Waals surface area (Å²) in [6.45, 7) is 18.4. The third kappa shape index (κ3) is 17.2. The number of ether oxygens (including phenoxy) is 10. The fourth-order valence-corrected chi connectivity index (χ4v) is 16.1. The standard InChI is InChI=1S/C71H99N11O17S/c1-36(2)57(79-66(87)70(6,7)21-23-82-34-50(80-81-82)41-31-74-68(100)75-32-41)65(86)78-49(10-9-22-73-67(72)88)64(85)77-42-13-11-40(12-14-42)35-91-69(89)76-33-44(84)28-55-58(90-8)48-27-43(83)26-46-16-18-52-59(94-46)63-62-61(96-52)60-56(97-62)30-71(98-60,99-63)20-19-47-25-38(4)51(92-47)17-15-45-24-37(3)39(5)53(93-45)29-54(48)95-55/h11-14,31-32,34,36-37,44-49,51-63,84H,4-5,9-10,15-30,33,35H2,1-3,6-8H3,(H,76,89)(H,77,85)(H,78,86)(H,79,87)(H3,72,73,88)(H,74,75,100)/t37-,44+,45+,46-,47+,48+,49+,51?,52+,53-,54+,55-,56?,57+,58-,59+,60+,61+,62-,63+,71+/m1/s1. The molecule has 1 aromatic carbocycles. The molecule has 0 saturated carbocycles. The zero-order valence-electron chi connectivity index (χ0n) is 58.0. The Hall–Kier alpha value is -6.64. The molecule has 10 aliphatic heterocycles. The van der Waals surface area contributed by atoms with E-state index in [4.69, 9.17) is 65.3 Å². The van der Waals surface area contributed by atoms with Crippen LogP contribution in [0.3, 0.4) is 0 Å². The second-order valence-corrected chi connectivity index (χ2v) is 30.2. The maximum Gasteiger partial charge on any atom is 0.407 e. The average Bonchev–Trinajstić information content (AvgIpc) is 1.55. The van der Waals surface area contributed by atoms with Gasteiger partial charge in [-0.2, -0.15) is 0 Å². The molecule has 2 unspecified atom stereocenters. The number of primary amides is 1. The van der Waals surface area contributed by atoms with Crippen LogP contribution in [-0.4, -0.2) is 201 Å². The van der Waals surface area contributed by atoms with Crippen molar-refractivity contribution >= 4 is 53.5 Å². The number of H-pyrrole nitrogens is 1. The zero-order valence-corrected chi connectivity index (χ0v) is 58.8. The molecule has 0 aliphatic carbocycles. The minimum Gasteiger partial charge on any atom is -0.445 e. The lowest BCUT2D eigenvalue weighted by atomic mass is 9.81. The van der Waals surface area contributed by atoms with Gasteiger partial charge in [0.2, 0.25) is 17.7 Å². The van der Waals surface area contributed by atoms with Gasteiger partial charge in [0, 0.05) is 100 Å². The maximum absolute atomic E-state index is 14.6. The van der Waals surface area contributed by atoms with E-state index in [1.54, 1.807) is 82.3 Å². The SMILES string of the molecule is C=C1C[C@@H]2CC[C@@]34CC5O[C@H]6[C@@H](O3)[C@H]3O[C@H](CC[C@@H]3O[C@H]6[C@H]5O4)CC(=O)C[C@@H]3[C@@H](OC)[C@@H](C[C@H](O)CNC(=O)OCc4ccc(NC(=O)[C@H](CCCNC(N)=O)NC(=O)[C@@H](NC(=O)C(C)(C)CCn5cc(-c6cnc(=S)[nH]c6)nn5)C(C)C)cc4)O[C@H]3C[C@H]3O[C@@H](CCC1O2)C[C@@H](C)C3=C. The van der Waals surface area contributed by atoms with Gasteiger partial charge in [0.25, 0.3) is 0 Å². The molecule has 2 aromatic heterocycles. The summed E-state index contributed by atoms with van der Waals surface area (Å²) in [6, 6.07) is 3.69. The number of nitrogens with zero attached hydrogens (tertiary/aromatic N) is 4. The van der Waals surface area contributed by atoms with Crippen molar-refractivity contribution < 1.29 is 81.2 Å². The molecule has 10 aliphatic rings. The number of benzene rings is 1. The molecule has 12 bridgehead atoms. The number of methoxy groups -OCH3 is 1.